The van der Waals surface area contributed by atoms with Crippen LogP contribution in [0, 0.1) is 5.92 Å². The van der Waals surface area contributed by atoms with Crippen molar-refractivity contribution in [3.63, 3.8) is 0 Å². The Morgan fingerprint density at radius 1 is 1.30 bits per heavy atom. The summed E-state index contributed by atoms with van der Waals surface area (Å²) in [6, 6.07) is 6.73. The molecule has 0 aromatic heterocycles. The van der Waals surface area contributed by atoms with Gasteiger partial charge in [-0.05, 0) is 30.4 Å². The summed E-state index contributed by atoms with van der Waals surface area (Å²) >= 11 is 6.28. The second-order valence-electron chi connectivity index (χ2n) is 6.16. The standard InChI is InChI=1S/C17H24ClN3O2/c1-11(2)15(12-7-4-5-8-13(12)18)20-17(23)21-10-6-9-14(21)16(22)19-3/h4-5,7-8,11,14-15H,6,9-10H2,1-3H3,(H,19,22)(H,20,23)/t14-,15+/m0/s1. The molecule has 1 heterocycles. The van der Waals surface area contributed by atoms with Gasteiger partial charge in [0.2, 0.25) is 5.91 Å². The fourth-order valence-electron chi connectivity index (χ4n) is 3.00. The van der Waals surface area contributed by atoms with Gasteiger partial charge in [0.05, 0.1) is 6.04 Å². The molecule has 0 spiro atoms. The third-order valence-electron chi connectivity index (χ3n) is 4.25. The molecule has 0 bridgehead atoms. The zero-order chi connectivity index (χ0) is 17.0. The van der Waals surface area contributed by atoms with Gasteiger partial charge in [0.1, 0.15) is 6.04 Å². The molecule has 1 saturated heterocycles. The number of carbonyl (C=O) groups is 2. The maximum absolute atomic E-state index is 12.7. The fourth-order valence-corrected chi connectivity index (χ4v) is 3.25. The molecule has 2 rings (SSSR count). The van der Waals surface area contributed by atoms with Crippen LogP contribution in [0.15, 0.2) is 24.3 Å². The lowest BCUT2D eigenvalue weighted by Crippen LogP contribution is -2.50. The van der Waals surface area contributed by atoms with Crippen molar-refractivity contribution in [2.75, 3.05) is 13.6 Å². The summed E-state index contributed by atoms with van der Waals surface area (Å²) in [4.78, 5) is 26.2. The van der Waals surface area contributed by atoms with E-state index < -0.39 is 0 Å². The smallest absolute Gasteiger partial charge is 0.318 e. The highest BCUT2D eigenvalue weighted by atomic mass is 35.5. The summed E-state index contributed by atoms with van der Waals surface area (Å²) in [5.74, 6) is 0.0661. The molecule has 0 radical (unpaired) electrons. The van der Waals surface area contributed by atoms with Crippen molar-refractivity contribution in [3.05, 3.63) is 34.9 Å². The van der Waals surface area contributed by atoms with Gasteiger partial charge in [0, 0.05) is 18.6 Å². The molecule has 6 heteroatoms. The first-order valence-electron chi connectivity index (χ1n) is 7.98. The lowest BCUT2D eigenvalue weighted by atomic mass is 9.96. The van der Waals surface area contributed by atoms with E-state index >= 15 is 0 Å². The normalized spacial score (nSPS) is 18.8. The van der Waals surface area contributed by atoms with E-state index in [4.69, 9.17) is 11.6 Å². The third-order valence-corrected chi connectivity index (χ3v) is 4.59. The maximum atomic E-state index is 12.7. The van der Waals surface area contributed by atoms with Crippen molar-refractivity contribution in [1.82, 2.24) is 15.5 Å². The summed E-state index contributed by atoms with van der Waals surface area (Å²) < 4.78 is 0. The number of carbonyl (C=O) groups excluding carboxylic acids is 2. The predicted molar refractivity (Wildman–Crippen MR) is 91.4 cm³/mol. The first-order valence-corrected chi connectivity index (χ1v) is 8.36. The highest BCUT2D eigenvalue weighted by Gasteiger charge is 2.35. The van der Waals surface area contributed by atoms with Gasteiger partial charge in [-0.15, -0.1) is 0 Å². The van der Waals surface area contributed by atoms with E-state index in [-0.39, 0.29) is 29.9 Å². The van der Waals surface area contributed by atoms with E-state index in [1.165, 1.54) is 0 Å². The molecule has 1 aromatic carbocycles. The Balaban J connectivity index is 2.16. The summed E-state index contributed by atoms with van der Waals surface area (Å²) in [6.45, 7) is 4.67. The van der Waals surface area contributed by atoms with Crippen LogP contribution in [0.2, 0.25) is 5.02 Å². The molecule has 126 valence electrons. The lowest BCUT2D eigenvalue weighted by Gasteiger charge is -2.29. The Bertz CT molecular complexity index is 577. The molecule has 2 atom stereocenters. The Labute approximate surface area is 142 Å². The van der Waals surface area contributed by atoms with Crippen LogP contribution in [0.25, 0.3) is 0 Å². The zero-order valence-corrected chi connectivity index (χ0v) is 14.6. The number of hydrogen-bond acceptors (Lipinski definition) is 2. The molecule has 0 saturated carbocycles. The molecule has 0 unspecified atom stereocenters. The molecule has 0 aliphatic carbocycles. The predicted octanol–water partition coefficient (Wildman–Crippen LogP) is 2.96. The summed E-state index contributed by atoms with van der Waals surface area (Å²) in [6.07, 6.45) is 1.54. The van der Waals surface area contributed by atoms with Crippen LogP contribution in [-0.4, -0.2) is 36.5 Å². The minimum atomic E-state index is -0.390. The van der Waals surface area contributed by atoms with Crippen LogP contribution in [-0.2, 0) is 4.79 Å². The van der Waals surface area contributed by atoms with Gasteiger partial charge in [-0.25, -0.2) is 4.79 Å². The van der Waals surface area contributed by atoms with Crippen LogP contribution < -0.4 is 10.6 Å². The summed E-state index contributed by atoms with van der Waals surface area (Å²) in [5.41, 5.74) is 0.896. The molecule has 1 aliphatic heterocycles. The molecule has 3 amide bonds. The van der Waals surface area contributed by atoms with Crippen LogP contribution in [0.4, 0.5) is 4.79 Å². The first-order chi connectivity index (χ1) is 11.0. The van der Waals surface area contributed by atoms with Crippen LogP contribution in [0.1, 0.15) is 38.3 Å². The van der Waals surface area contributed by atoms with E-state index in [9.17, 15) is 9.59 Å². The zero-order valence-electron chi connectivity index (χ0n) is 13.8. The van der Waals surface area contributed by atoms with Crippen LogP contribution in [0.3, 0.4) is 0 Å². The number of nitrogens with zero attached hydrogens (tertiary/aromatic N) is 1. The Kier molecular flexibility index (Phi) is 5.88. The van der Waals surface area contributed by atoms with Crippen molar-refractivity contribution in [1.29, 1.82) is 0 Å². The first kappa shape index (κ1) is 17.6. The summed E-state index contributed by atoms with van der Waals surface area (Å²) in [7, 11) is 1.59. The van der Waals surface area contributed by atoms with Gasteiger partial charge in [-0.1, -0.05) is 43.6 Å². The number of nitrogens with one attached hydrogen (secondary N) is 2. The van der Waals surface area contributed by atoms with Gasteiger partial charge in [-0.2, -0.15) is 0 Å². The lowest BCUT2D eigenvalue weighted by molar-refractivity contribution is -0.124. The minimum absolute atomic E-state index is 0.114. The van der Waals surface area contributed by atoms with E-state index in [1.807, 2.05) is 38.1 Å². The van der Waals surface area contributed by atoms with E-state index in [1.54, 1.807) is 11.9 Å². The van der Waals surface area contributed by atoms with Gasteiger partial charge < -0.3 is 15.5 Å². The second-order valence-corrected chi connectivity index (χ2v) is 6.57. The Morgan fingerprint density at radius 3 is 2.61 bits per heavy atom. The number of amides is 3. The molecule has 5 nitrogen and oxygen atoms in total. The molecule has 23 heavy (non-hydrogen) atoms. The number of halogens is 1. The molecular weight excluding hydrogens is 314 g/mol. The summed E-state index contributed by atoms with van der Waals surface area (Å²) in [5, 5.41) is 6.31. The average molecular weight is 338 g/mol. The maximum Gasteiger partial charge on any atom is 0.318 e. The van der Waals surface area contributed by atoms with Crippen molar-refractivity contribution in [3.8, 4) is 0 Å². The number of rotatable bonds is 4. The molecule has 2 N–H and O–H groups in total. The third kappa shape index (κ3) is 3.96. The Hall–Kier alpha value is -1.75. The van der Waals surface area contributed by atoms with Crippen molar-refractivity contribution in [2.24, 2.45) is 5.92 Å². The Morgan fingerprint density at radius 2 is 2.00 bits per heavy atom. The van der Waals surface area contributed by atoms with Crippen molar-refractivity contribution < 1.29 is 9.59 Å². The van der Waals surface area contributed by atoms with Gasteiger partial charge in [-0.3, -0.25) is 4.79 Å². The van der Waals surface area contributed by atoms with Crippen molar-refractivity contribution >= 4 is 23.5 Å². The van der Waals surface area contributed by atoms with Crippen LogP contribution >= 0.6 is 11.6 Å². The molecule has 1 fully saturated rings. The highest BCUT2D eigenvalue weighted by molar-refractivity contribution is 6.31. The number of benzene rings is 1. The van der Waals surface area contributed by atoms with Gasteiger partial charge >= 0.3 is 6.03 Å². The van der Waals surface area contributed by atoms with E-state index in [2.05, 4.69) is 10.6 Å². The average Bonchev–Trinajstić information content (AvgIpc) is 3.02. The number of likely N-dealkylation sites (N-methyl/N-ethyl adjacent to an activating group) is 1. The molecule has 1 aromatic rings. The number of likely N-dealkylation sites (tertiary alicyclic amines) is 1. The van der Waals surface area contributed by atoms with Crippen molar-refractivity contribution in [2.45, 2.75) is 38.8 Å². The topological polar surface area (TPSA) is 61.4 Å². The number of urea groups is 1. The minimum Gasteiger partial charge on any atom is -0.357 e. The van der Waals surface area contributed by atoms with E-state index in [0.29, 0.717) is 18.0 Å². The number of hydrogen-bond donors (Lipinski definition) is 2. The van der Waals surface area contributed by atoms with Gasteiger partial charge in [0.15, 0.2) is 0 Å². The fraction of sp³-hybridized carbons (Fsp3) is 0.529. The van der Waals surface area contributed by atoms with Gasteiger partial charge in [0.25, 0.3) is 0 Å². The monoisotopic (exact) mass is 337 g/mol. The molecular formula is C17H24ClN3O2. The largest absolute Gasteiger partial charge is 0.357 e. The quantitative estimate of drug-likeness (QED) is 0.887. The second kappa shape index (κ2) is 7.68. The molecule has 1 aliphatic rings. The van der Waals surface area contributed by atoms with E-state index in [0.717, 1.165) is 12.0 Å². The highest BCUT2D eigenvalue weighted by Crippen LogP contribution is 2.29. The van der Waals surface area contributed by atoms with Crippen LogP contribution in [0.5, 0.6) is 0 Å². The SMILES string of the molecule is CNC(=O)[C@@H]1CCCN1C(=O)N[C@@H](c1ccccc1Cl)C(C)C.